The highest BCUT2D eigenvalue weighted by atomic mass is 16.7. The molecule has 2 saturated heterocycles. The highest BCUT2D eigenvalue weighted by Gasteiger charge is 2.60. The van der Waals surface area contributed by atoms with E-state index in [2.05, 4.69) is 67.5 Å². The summed E-state index contributed by atoms with van der Waals surface area (Å²) in [7, 11) is 0. The Morgan fingerprint density at radius 2 is 1.44 bits per heavy atom. The van der Waals surface area contributed by atoms with Crippen LogP contribution in [0.3, 0.4) is 0 Å². The molecule has 0 aliphatic carbocycles. The fraction of sp³-hybridized carbons (Fsp3) is 0.727. The number of ether oxygens (including phenoxy) is 3. The van der Waals surface area contributed by atoms with Gasteiger partial charge in [-0.15, -0.1) is 0 Å². The summed E-state index contributed by atoms with van der Waals surface area (Å²) in [6.45, 7) is 17.9. The van der Waals surface area contributed by atoms with Gasteiger partial charge in [0.15, 0.2) is 6.29 Å². The largest absolute Gasteiger partial charge is 0.369 e. The molecule has 140 valence electrons. The number of hydrogen-bond donors (Lipinski definition) is 0. The lowest BCUT2D eigenvalue weighted by molar-refractivity contribution is -0.248. The van der Waals surface area contributed by atoms with Gasteiger partial charge in [-0.05, 0) is 24.7 Å². The van der Waals surface area contributed by atoms with E-state index in [9.17, 15) is 0 Å². The standard InChI is InChI=1S/C22H34O3/c1-20(2,3)15-16-18(22(7,8)25-17(15)21(4,5)6)24-19(23-16)14-12-10-9-11-13-14/h9-13,15-19H,1-8H3/t15?,16-,17?,18-,19?/m0/s1. The molecule has 0 radical (unpaired) electrons. The maximum Gasteiger partial charge on any atom is 0.184 e. The van der Waals surface area contributed by atoms with Crippen LogP contribution in [0.5, 0.6) is 0 Å². The van der Waals surface area contributed by atoms with E-state index in [0.717, 1.165) is 5.56 Å². The summed E-state index contributed by atoms with van der Waals surface area (Å²) in [5.74, 6) is 0.263. The van der Waals surface area contributed by atoms with Gasteiger partial charge in [0.05, 0.1) is 17.8 Å². The molecular formula is C22H34O3. The first-order chi connectivity index (χ1) is 11.4. The lowest BCUT2D eigenvalue weighted by Crippen LogP contribution is -2.63. The monoisotopic (exact) mass is 346 g/mol. The van der Waals surface area contributed by atoms with Gasteiger partial charge < -0.3 is 14.2 Å². The molecule has 0 N–H and O–H groups in total. The van der Waals surface area contributed by atoms with Gasteiger partial charge in [0, 0.05) is 11.5 Å². The predicted octanol–water partition coefficient (Wildman–Crippen LogP) is 5.36. The molecule has 1 aromatic rings. The number of benzene rings is 1. The predicted molar refractivity (Wildman–Crippen MR) is 100 cm³/mol. The highest BCUT2D eigenvalue weighted by molar-refractivity contribution is 5.18. The molecule has 0 bridgehead atoms. The lowest BCUT2D eigenvalue weighted by Gasteiger charge is -2.55. The molecule has 0 saturated carbocycles. The fourth-order valence-electron chi connectivity index (χ4n) is 4.36. The van der Waals surface area contributed by atoms with Crippen molar-refractivity contribution in [2.24, 2.45) is 16.7 Å². The minimum absolute atomic E-state index is 0.0261. The molecular weight excluding hydrogens is 312 g/mol. The Hall–Kier alpha value is -0.900. The van der Waals surface area contributed by atoms with Gasteiger partial charge in [-0.1, -0.05) is 71.9 Å². The van der Waals surface area contributed by atoms with Crippen LogP contribution in [0.4, 0.5) is 0 Å². The number of hydrogen-bond acceptors (Lipinski definition) is 3. The quantitative estimate of drug-likeness (QED) is 0.685. The maximum atomic E-state index is 6.67. The average Bonchev–Trinajstić information content (AvgIpc) is 2.91. The molecule has 3 rings (SSSR count). The third-order valence-electron chi connectivity index (χ3n) is 5.57. The maximum absolute atomic E-state index is 6.67. The summed E-state index contributed by atoms with van der Waals surface area (Å²) in [4.78, 5) is 0. The van der Waals surface area contributed by atoms with Crippen LogP contribution in [0, 0.1) is 16.7 Å². The molecule has 0 amide bonds. The Kier molecular flexibility index (Phi) is 4.59. The smallest absolute Gasteiger partial charge is 0.184 e. The number of rotatable bonds is 1. The summed E-state index contributed by atoms with van der Waals surface area (Å²) in [5.41, 5.74) is 0.793. The van der Waals surface area contributed by atoms with Gasteiger partial charge in [0.1, 0.15) is 6.10 Å². The van der Waals surface area contributed by atoms with Crippen LogP contribution < -0.4 is 0 Å². The second-order valence-corrected chi connectivity index (χ2v) is 10.3. The highest BCUT2D eigenvalue weighted by Crippen LogP contribution is 2.53. The molecule has 3 heteroatoms. The van der Waals surface area contributed by atoms with Crippen LogP contribution in [-0.2, 0) is 14.2 Å². The van der Waals surface area contributed by atoms with Crippen LogP contribution in [0.1, 0.15) is 67.2 Å². The first-order valence-corrected chi connectivity index (χ1v) is 9.45. The van der Waals surface area contributed by atoms with Crippen molar-refractivity contribution in [1.82, 2.24) is 0 Å². The summed E-state index contributed by atoms with van der Waals surface area (Å²) in [6, 6.07) is 10.2. The van der Waals surface area contributed by atoms with Crippen molar-refractivity contribution in [3.8, 4) is 0 Å². The van der Waals surface area contributed by atoms with Gasteiger partial charge >= 0.3 is 0 Å². The van der Waals surface area contributed by atoms with Crippen molar-refractivity contribution in [1.29, 1.82) is 0 Å². The van der Waals surface area contributed by atoms with Crippen molar-refractivity contribution >= 4 is 0 Å². The molecule has 2 fully saturated rings. The van der Waals surface area contributed by atoms with Crippen LogP contribution in [0.25, 0.3) is 0 Å². The topological polar surface area (TPSA) is 27.7 Å². The zero-order valence-electron chi connectivity index (χ0n) is 17.0. The fourth-order valence-corrected chi connectivity index (χ4v) is 4.36. The summed E-state index contributed by atoms with van der Waals surface area (Å²) in [5, 5.41) is 0. The molecule has 2 heterocycles. The first-order valence-electron chi connectivity index (χ1n) is 9.45. The normalized spacial score (nSPS) is 35.4. The molecule has 5 atom stereocenters. The molecule has 3 nitrogen and oxygen atoms in total. The third kappa shape index (κ3) is 3.51. The Balaban J connectivity index is 1.99. The van der Waals surface area contributed by atoms with Gasteiger partial charge in [0.25, 0.3) is 0 Å². The zero-order valence-corrected chi connectivity index (χ0v) is 17.0. The van der Waals surface area contributed by atoms with E-state index in [1.54, 1.807) is 0 Å². The molecule has 25 heavy (non-hydrogen) atoms. The lowest BCUT2D eigenvalue weighted by atomic mass is 9.63. The van der Waals surface area contributed by atoms with E-state index in [1.165, 1.54) is 0 Å². The molecule has 0 spiro atoms. The zero-order chi connectivity index (χ0) is 18.6. The average molecular weight is 347 g/mol. The van der Waals surface area contributed by atoms with Crippen molar-refractivity contribution < 1.29 is 14.2 Å². The van der Waals surface area contributed by atoms with E-state index >= 15 is 0 Å². The Morgan fingerprint density at radius 3 is 1.96 bits per heavy atom. The molecule has 2 aliphatic heterocycles. The van der Waals surface area contributed by atoms with Gasteiger partial charge in [-0.3, -0.25) is 0 Å². The minimum Gasteiger partial charge on any atom is -0.369 e. The van der Waals surface area contributed by atoms with Crippen molar-refractivity contribution in [3.05, 3.63) is 35.9 Å². The van der Waals surface area contributed by atoms with E-state index in [0.29, 0.717) is 0 Å². The van der Waals surface area contributed by atoms with E-state index in [4.69, 9.17) is 14.2 Å². The Labute approximate surface area is 153 Å². The van der Waals surface area contributed by atoms with Gasteiger partial charge in [-0.25, -0.2) is 0 Å². The van der Waals surface area contributed by atoms with Crippen LogP contribution in [0.2, 0.25) is 0 Å². The second kappa shape index (κ2) is 6.07. The van der Waals surface area contributed by atoms with Crippen LogP contribution in [-0.4, -0.2) is 23.9 Å². The van der Waals surface area contributed by atoms with Crippen LogP contribution >= 0.6 is 0 Å². The van der Waals surface area contributed by atoms with E-state index in [1.807, 2.05) is 18.2 Å². The summed E-state index contributed by atoms with van der Waals surface area (Å²) < 4.78 is 19.6. The third-order valence-corrected chi connectivity index (χ3v) is 5.57. The second-order valence-electron chi connectivity index (χ2n) is 10.3. The van der Waals surface area contributed by atoms with E-state index < -0.39 is 0 Å². The van der Waals surface area contributed by atoms with Gasteiger partial charge in [-0.2, -0.15) is 0 Å². The van der Waals surface area contributed by atoms with Crippen molar-refractivity contribution in [2.75, 3.05) is 0 Å². The Bertz CT molecular complexity index is 594. The SMILES string of the molecule is CC(C)(C)C1OC(C)(C)[C@H]2OC(c3ccccc3)O[C@H]2C1C(C)(C)C. The summed E-state index contributed by atoms with van der Waals surface area (Å²) >= 11 is 0. The Morgan fingerprint density at radius 1 is 0.840 bits per heavy atom. The summed E-state index contributed by atoms with van der Waals surface area (Å²) in [6.07, 6.45) is -0.247. The molecule has 1 aromatic carbocycles. The molecule has 0 aromatic heterocycles. The van der Waals surface area contributed by atoms with Crippen molar-refractivity contribution in [3.63, 3.8) is 0 Å². The molecule has 2 aliphatic rings. The van der Waals surface area contributed by atoms with Crippen molar-refractivity contribution in [2.45, 2.75) is 85.6 Å². The molecule has 3 unspecified atom stereocenters. The van der Waals surface area contributed by atoms with Gasteiger partial charge in [0.2, 0.25) is 0 Å². The first kappa shape index (κ1) is 18.9. The van der Waals surface area contributed by atoms with Crippen LogP contribution in [0.15, 0.2) is 30.3 Å². The minimum atomic E-state index is -0.381. The van der Waals surface area contributed by atoms with E-state index in [-0.39, 0.29) is 47.0 Å². The number of fused-ring (bicyclic) bond motifs is 1.